The first-order chi connectivity index (χ1) is 5.71. The Labute approximate surface area is 79.5 Å². The van der Waals surface area contributed by atoms with Crippen LogP contribution in [0.4, 0.5) is 0 Å². The Kier molecular flexibility index (Phi) is 3.57. The van der Waals surface area contributed by atoms with Crippen molar-refractivity contribution in [2.75, 3.05) is 0 Å². The maximum atomic E-state index is 11.3. The molecule has 12 heavy (non-hydrogen) atoms. The van der Waals surface area contributed by atoms with Crippen LogP contribution < -0.4 is 0 Å². The number of hydrogen-bond donors (Lipinski definition) is 0. The van der Waals surface area contributed by atoms with Crippen molar-refractivity contribution in [3.05, 3.63) is 0 Å². The highest BCUT2D eigenvalue weighted by molar-refractivity contribution is 6.64. The quantitative estimate of drug-likeness (QED) is 0.620. The minimum atomic E-state index is -0.144. The molecule has 0 N–H and O–H groups in total. The second kappa shape index (κ2) is 4.27. The van der Waals surface area contributed by atoms with Crippen molar-refractivity contribution in [2.45, 2.75) is 51.9 Å². The summed E-state index contributed by atoms with van der Waals surface area (Å²) in [4.78, 5) is 11.3. The molecule has 0 radical (unpaired) electrons. The van der Waals surface area contributed by atoms with E-state index in [9.17, 15) is 4.79 Å². The van der Waals surface area contributed by atoms with Gasteiger partial charge in [-0.3, -0.25) is 4.79 Å². The molecule has 70 valence electrons. The van der Waals surface area contributed by atoms with E-state index in [1.807, 2.05) is 0 Å². The zero-order valence-electron chi connectivity index (χ0n) is 7.74. The molecule has 0 aromatic heterocycles. The summed E-state index contributed by atoms with van der Waals surface area (Å²) in [5, 5.41) is -0.0935. The molecule has 0 aromatic carbocycles. The van der Waals surface area contributed by atoms with Crippen molar-refractivity contribution >= 4 is 16.8 Å². The van der Waals surface area contributed by atoms with Gasteiger partial charge in [0.25, 0.3) is 0 Å². The van der Waals surface area contributed by atoms with Crippen molar-refractivity contribution in [3.63, 3.8) is 0 Å². The maximum absolute atomic E-state index is 11.3. The molecule has 0 bridgehead atoms. The normalized spacial score (nSPS) is 22.2. The summed E-state index contributed by atoms with van der Waals surface area (Å²) in [7, 11) is 0. The fraction of sp³-hybridized carbons (Fsp3) is 0.900. The van der Waals surface area contributed by atoms with Crippen LogP contribution in [0.2, 0.25) is 0 Å². The van der Waals surface area contributed by atoms with E-state index in [0.29, 0.717) is 0 Å². The average molecular weight is 189 g/mol. The van der Waals surface area contributed by atoms with E-state index >= 15 is 0 Å². The minimum Gasteiger partial charge on any atom is -0.281 e. The molecule has 1 fully saturated rings. The van der Waals surface area contributed by atoms with E-state index in [4.69, 9.17) is 11.6 Å². The number of hydrogen-bond acceptors (Lipinski definition) is 1. The van der Waals surface area contributed by atoms with Crippen LogP contribution in [0.3, 0.4) is 0 Å². The molecule has 0 unspecified atom stereocenters. The summed E-state index contributed by atoms with van der Waals surface area (Å²) in [6.45, 7) is 2.12. The van der Waals surface area contributed by atoms with Crippen molar-refractivity contribution in [3.8, 4) is 0 Å². The predicted molar refractivity (Wildman–Crippen MR) is 51.3 cm³/mol. The zero-order chi connectivity index (χ0) is 9.03. The Morgan fingerprint density at radius 1 is 1.33 bits per heavy atom. The zero-order valence-corrected chi connectivity index (χ0v) is 8.49. The molecule has 1 nitrogen and oxygen atoms in total. The SMILES string of the molecule is CCCC1(C(=O)Cl)CCCCC1. The Hall–Kier alpha value is -0.0400. The largest absolute Gasteiger partial charge is 0.281 e. The minimum absolute atomic E-state index is 0.0935. The topological polar surface area (TPSA) is 17.1 Å². The predicted octanol–water partition coefficient (Wildman–Crippen LogP) is 3.50. The van der Waals surface area contributed by atoms with Gasteiger partial charge >= 0.3 is 0 Å². The molecule has 1 aliphatic rings. The van der Waals surface area contributed by atoms with Gasteiger partial charge in [-0.1, -0.05) is 32.6 Å². The van der Waals surface area contributed by atoms with Gasteiger partial charge in [0.1, 0.15) is 0 Å². The van der Waals surface area contributed by atoms with Gasteiger partial charge in [-0.15, -0.1) is 0 Å². The third kappa shape index (κ3) is 2.01. The molecule has 0 saturated heterocycles. The van der Waals surface area contributed by atoms with E-state index in [2.05, 4.69) is 6.92 Å². The van der Waals surface area contributed by atoms with E-state index in [0.717, 1.165) is 25.7 Å². The molecular formula is C10H17ClO. The molecule has 1 saturated carbocycles. The lowest BCUT2D eigenvalue weighted by Gasteiger charge is -2.33. The standard InChI is InChI=1S/C10H17ClO/c1-2-6-10(9(11)12)7-4-3-5-8-10/h2-8H2,1H3. The van der Waals surface area contributed by atoms with Crippen molar-refractivity contribution in [1.29, 1.82) is 0 Å². The van der Waals surface area contributed by atoms with E-state index < -0.39 is 0 Å². The first-order valence-corrected chi connectivity index (χ1v) is 5.29. The highest BCUT2D eigenvalue weighted by Gasteiger charge is 2.36. The highest BCUT2D eigenvalue weighted by Crippen LogP contribution is 2.41. The van der Waals surface area contributed by atoms with E-state index in [1.165, 1.54) is 19.3 Å². The molecule has 1 aliphatic carbocycles. The lowest BCUT2D eigenvalue weighted by molar-refractivity contribution is -0.122. The second-order valence-corrected chi connectivity index (χ2v) is 4.21. The highest BCUT2D eigenvalue weighted by atomic mass is 35.5. The van der Waals surface area contributed by atoms with Crippen LogP contribution in [-0.4, -0.2) is 5.24 Å². The van der Waals surface area contributed by atoms with Gasteiger partial charge in [-0.25, -0.2) is 0 Å². The monoisotopic (exact) mass is 188 g/mol. The average Bonchev–Trinajstić information content (AvgIpc) is 2.06. The summed E-state index contributed by atoms with van der Waals surface area (Å²) in [6.07, 6.45) is 7.71. The van der Waals surface area contributed by atoms with E-state index in [-0.39, 0.29) is 10.7 Å². The van der Waals surface area contributed by atoms with Gasteiger partial charge in [0, 0.05) is 5.41 Å². The van der Waals surface area contributed by atoms with Crippen molar-refractivity contribution < 1.29 is 4.79 Å². The number of carbonyl (C=O) groups is 1. The lowest BCUT2D eigenvalue weighted by Crippen LogP contribution is -2.30. The first kappa shape index (κ1) is 10.0. The Balaban J connectivity index is 2.63. The summed E-state index contributed by atoms with van der Waals surface area (Å²) in [5.74, 6) is 0. The van der Waals surface area contributed by atoms with Crippen molar-refractivity contribution in [2.24, 2.45) is 5.41 Å². The van der Waals surface area contributed by atoms with Gasteiger partial charge in [0.2, 0.25) is 5.24 Å². The number of carbonyl (C=O) groups excluding carboxylic acids is 1. The lowest BCUT2D eigenvalue weighted by atomic mass is 9.72. The summed E-state index contributed by atoms with van der Waals surface area (Å²) in [6, 6.07) is 0. The number of rotatable bonds is 3. The molecule has 0 aliphatic heterocycles. The molecule has 0 amide bonds. The fourth-order valence-corrected chi connectivity index (χ4v) is 2.54. The molecule has 0 heterocycles. The molecular weight excluding hydrogens is 172 g/mol. The fourth-order valence-electron chi connectivity index (χ4n) is 2.25. The van der Waals surface area contributed by atoms with Crippen LogP contribution in [0.25, 0.3) is 0 Å². The van der Waals surface area contributed by atoms with Crippen LogP contribution >= 0.6 is 11.6 Å². The van der Waals surface area contributed by atoms with Gasteiger partial charge in [-0.05, 0) is 30.9 Å². The molecule has 0 spiro atoms. The smallest absolute Gasteiger partial charge is 0.227 e. The van der Waals surface area contributed by atoms with Crippen LogP contribution in [0.5, 0.6) is 0 Å². The third-order valence-corrected chi connectivity index (χ3v) is 3.36. The summed E-state index contributed by atoms with van der Waals surface area (Å²) < 4.78 is 0. The van der Waals surface area contributed by atoms with Crippen LogP contribution in [0.15, 0.2) is 0 Å². The maximum Gasteiger partial charge on any atom is 0.227 e. The van der Waals surface area contributed by atoms with Gasteiger partial charge < -0.3 is 0 Å². The van der Waals surface area contributed by atoms with Crippen LogP contribution in [0, 0.1) is 5.41 Å². The van der Waals surface area contributed by atoms with Crippen LogP contribution in [0.1, 0.15) is 51.9 Å². The number of halogens is 1. The van der Waals surface area contributed by atoms with E-state index in [1.54, 1.807) is 0 Å². The molecule has 1 rings (SSSR count). The Bertz CT molecular complexity index is 154. The van der Waals surface area contributed by atoms with Gasteiger partial charge in [-0.2, -0.15) is 0 Å². The summed E-state index contributed by atoms with van der Waals surface area (Å²) in [5.41, 5.74) is -0.144. The van der Waals surface area contributed by atoms with Crippen LogP contribution in [-0.2, 0) is 4.79 Å². The Morgan fingerprint density at radius 2 is 1.92 bits per heavy atom. The summed E-state index contributed by atoms with van der Waals surface area (Å²) >= 11 is 5.65. The molecule has 0 aromatic rings. The molecule has 0 atom stereocenters. The van der Waals surface area contributed by atoms with Gasteiger partial charge in [0.15, 0.2) is 0 Å². The van der Waals surface area contributed by atoms with Gasteiger partial charge in [0.05, 0.1) is 0 Å². The van der Waals surface area contributed by atoms with Crippen molar-refractivity contribution in [1.82, 2.24) is 0 Å². The third-order valence-electron chi connectivity index (χ3n) is 2.96. The Morgan fingerprint density at radius 3 is 2.33 bits per heavy atom. The molecule has 2 heteroatoms. The first-order valence-electron chi connectivity index (χ1n) is 4.91. The second-order valence-electron chi connectivity index (χ2n) is 3.86.